The first kappa shape index (κ1) is 8.47. The van der Waals surface area contributed by atoms with Crippen LogP contribution in [0.1, 0.15) is 19.8 Å². The van der Waals surface area contributed by atoms with Crippen LogP contribution in [0.5, 0.6) is 0 Å². The standard InChI is InChI=1S/C9H15NO/c1-3-9(11)5-4-8-6-7-10(8)2/h4-5,8H,3,6-7H2,1-2H3/b5-4+/t8-/m0/s1. The summed E-state index contributed by atoms with van der Waals surface area (Å²) in [7, 11) is 2.08. The number of hydrogen-bond donors (Lipinski definition) is 0. The molecule has 0 saturated carbocycles. The lowest BCUT2D eigenvalue weighted by molar-refractivity contribution is -0.114. The van der Waals surface area contributed by atoms with Crippen LogP contribution < -0.4 is 0 Å². The number of hydrogen-bond acceptors (Lipinski definition) is 2. The van der Waals surface area contributed by atoms with Gasteiger partial charge in [0.05, 0.1) is 0 Å². The van der Waals surface area contributed by atoms with E-state index in [1.54, 1.807) is 6.08 Å². The fourth-order valence-corrected chi connectivity index (χ4v) is 1.12. The number of likely N-dealkylation sites (N-methyl/N-ethyl adjacent to an activating group) is 1. The van der Waals surface area contributed by atoms with Crippen LogP contribution in [0, 0.1) is 0 Å². The molecule has 2 nitrogen and oxygen atoms in total. The average molecular weight is 153 g/mol. The average Bonchev–Trinajstić information content (AvgIpc) is 2.01. The van der Waals surface area contributed by atoms with Crippen molar-refractivity contribution in [3.8, 4) is 0 Å². The van der Waals surface area contributed by atoms with Gasteiger partial charge in [0.15, 0.2) is 5.78 Å². The predicted molar refractivity (Wildman–Crippen MR) is 45.5 cm³/mol. The van der Waals surface area contributed by atoms with Crippen LogP contribution in [-0.2, 0) is 4.79 Å². The minimum Gasteiger partial charge on any atom is -0.300 e. The molecule has 0 N–H and O–H groups in total. The zero-order chi connectivity index (χ0) is 8.27. The van der Waals surface area contributed by atoms with Gasteiger partial charge >= 0.3 is 0 Å². The zero-order valence-corrected chi connectivity index (χ0v) is 7.21. The van der Waals surface area contributed by atoms with E-state index in [9.17, 15) is 4.79 Å². The summed E-state index contributed by atoms with van der Waals surface area (Å²) in [6.07, 6.45) is 5.53. The molecule has 0 radical (unpaired) electrons. The second-order valence-corrected chi connectivity index (χ2v) is 3.02. The maximum atomic E-state index is 10.9. The molecule has 0 aromatic heterocycles. The van der Waals surface area contributed by atoms with Gasteiger partial charge in [-0.2, -0.15) is 0 Å². The van der Waals surface area contributed by atoms with Crippen LogP contribution in [0.25, 0.3) is 0 Å². The Balaban J connectivity index is 2.29. The Morgan fingerprint density at radius 2 is 2.45 bits per heavy atom. The third kappa shape index (κ3) is 2.15. The Morgan fingerprint density at radius 1 is 1.73 bits per heavy atom. The predicted octanol–water partition coefficient (Wildman–Crippen LogP) is 1.23. The van der Waals surface area contributed by atoms with Crippen LogP contribution in [-0.4, -0.2) is 30.3 Å². The number of carbonyl (C=O) groups excluding carboxylic acids is 1. The van der Waals surface area contributed by atoms with Crippen molar-refractivity contribution in [3.63, 3.8) is 0 Å². The summed E-state index contributed by atoms with van der Waals surface area (Å²) < 4.78 is 0. The molecule has 11 heavy (non-hydrogen) atoms. The summed E-state index contributed by atoms with van der Waals surface area (Å²) in [6, 6.07) is 0.519. The highest BCUT2D eigenvalue weighted by Gasteiger charge is 2.20. The van der Waals surface area contributed by atoms with Gasteiger partial charge in [-0.25, -0.2) is 0 Å². The van der Waals surface area contributed by atoms with Crippen LogP contribution in [0.3, 0.4) is 0 Å². The molecule has 2 heteroatoms. The van der Waals surface area contributed by atoms with E-state index >= 15 is 0 Å². The van der Waals surface area contributed by atoms with E-state index in [2.05, 4.69) is 11.9 Å². The van der Waals surface area contributed by atoms with E-state index in [1.807, 2.05) is 13.0 Å². The number of carbonyl (C=O) groups is 1. The number of nitrogens with zero attached hydrogens (tertiary/aromatic N) is 1. The van der Waals surface area contributed by atoms with Crippen molar-refractivity contribution in [1.29, 1.82) is 0 Å². The molecule has 1 fully saturated rings. The van der Waals surface area contributed by atoms with Gasteiger partial charge in [-0.05, 0) is 19.5 Å². The van der Waals surface area contributed by atoms with Crippen molar-refractivity contribution in [2.75, 3.05) is 13.6 Å². The minimum atomic E-state index is 0.227. The van der Waals surface area contributed by atoms with Gasteiger partial charge in [0.2, 0.25) is 0 Å². The minimum absolute atomic E-state index is 0.227. The molecule has 1 heterocycles. The summed E-state index contributed by atoms with van der Waals surface area (Å²) in [4.78, 5) is 13.1. The van der Waals surface area contributed by atoms with E-state index in [1.165, 1.54) is 6.42 Å². The van der Waals surface area contributed by atoms with Gasteiger partial charge in [0, 0.05) is 19.0 Å². The normalized spacial score (nSPS) is 25.5. The lowest BCUT2D eigenvalue weighted by atomic mass is 10.0. The lowest BCUT2D eigenvalue weighted by Crippen LogP contribution is -2.43. The molecular weight excluding hydrogens is 138 g/mol. The molecule has 1 atom stereocenters. The topological polar surface area (TPSA) is 20.3 Å². The van der Waals surface area contributed by atoms with Gasteiger partial charge in [-0.3, -0.25) is 9.69 Å². The quantitative estimate of drug-likeness (QED) is 0.568. The molecule has 1 rings (SSSR count). The molecular formula is C9H15NO. The van der Waals surface area contributed by atoms with Gasteiger partial charge < -0.3 is 0 Å². The molecule has 0 aromatic rings. The van der Waals surface area contributed by atoms with Crippen LogP contribution >= 0.6 is 0 Å². The maximum absolute atomic E-state index is 10.9. The maximum Gasteiger partial charge on any atom is 0.155 e. The van der Waals surface area contributed by atoms with Crippen molar-refractivity contribution in [1.82, 2.24) is 4.90 Å². The van der Waals surface area contributed by atoms with Crippen LogP contribution in [0.4, 0.5) is 0 Å². The number of allylic oxidation sites excluding steroid dienone is 1. The second-order valence-electron chi connectivity index (χ2n) is 3.02. The smallest absolute Gasteiger partial charge is 0.155 e. The highest BCUT2D eigenvalue weighted by molar-refractivity contribution is 5.89. The van der Waals surface area contributed by atoms with E-state index in [0.717, 1.165) is 6.54 Å². The zero-order valence-electron chi connectivity index (χ0n) is 7.21. The number of rotatable bonds is 3. The molecule has 0 aliphatic carbocycles. The fourth-order valence-electron chi connectivity index (χ4n) is 1.12. The van der Waals surface area contributed by atoms with Crippen molar-refractivity contribution in [2.24, 2.45) is 0 Å². The monoisotopic (exact) mass is 153 g/mol. The Bertz CT molecular complexity index is 174. The van der Waals surface area contributed by atoms with E-state index in [4.69, 9.17) is 0 Å². The molecule has 1 aliphatic rings. The molecule has 1 aliphatic heterocycles. The third-order valence-electron chi connectivity index (χ3n) is 2.20. The fraction of sp³-hybridized carbons (Fsp3) is 0.667. The van der Waals surface area contributed by atoms with Crippen LogP contribution in [0.15, 0.2) is 12.2 Å². The summed E-state index contributed by atoms with van der Waals surface area (Å²) in [5.41, 5.74) is 0. The van der Waals surface area contributed by atoms with Gasteiger partial charge in [-0.1, -0.05) is 13.0 Å². The van der Waals surface area contributed by atoms with Gasteiger partial charge in [0.1, 0.15) is 0 Å². The summed E-state index contributed by atoms with van der Waals surface area (Å²) in [5.74, 6) is 0.227. The molecule has 0 aromatic carbocycles. The van der Waals surface area contributed by atoms with Gasteiger partial charge in [0.25, 0.3) is 0 Å². The molecule has 0 spiro atoms. The van der Waals surface area contributed by atoms with E-state index < -0.39 is 0 Å². The third-order valence-corrected chi connectivity index (χ3v) is 2.20. The Hall–Kier alpha value is -0.630. The summed E-state index contributed by atoms with van der Waals surface area (Å²) in [6.45, 7) is 3.05. The van der Waals surface area contributed by atoms with E-state index in [-0.39, 0.29) is 5.78 Å². The molecule has 62 valence electrons. The first-order chi connectivity index (χ1) is 5.24. The van der Waals surface area contributed by atoms with Crippen LogP contribution in [0.2, 0.25) is 0 Å². The molecule has 0 amide bonds. The highest BCUT2D eigenvalue weighted by atomic mass is 16.1. The van der Waals surface area contributed by atoms with Crippen molar-refractivity contribution in [2.45, 2.75) is 25.8 Å². The Morgan fingerprint density at radius 3 is 2.82 bits per heavy atom. The molecule has 0 unspecified atom stereocenters. The second kappa shape index (κ2) is 3.67. The number of likely N-dealkylation sites (tertiary alicyclic amines) is 1. The first-order valence-electron chi connectivity index (χ1n) is 4.15. The van der Waals surface area contributed by atoms with E-state index in [0.29, 0.717) is 12.5 Å². The first-order valence-corrected chi connectivity index (χ1v) is 4.15. The SMILES string of the molecule is CCC(=O)/C=C/[C@H]1CCN1C. The highest BCUT2D eigenvalue weighted by Crippen LogP contribution is 2.14. The Kier molecular flexibility index (Phi) is 2.83. The van der Waals surface area contributed by atoms with Gasteiger partial charge in [-0.15, -0.1) is 0 Å². The summed E-state index contributed by atoms with van der Waals surface area (Å²) >= 11 is 0. The van der Waals surface area contributed by atoms with Crippen molar-refractivity contribution >= 4 is 5.78 Å². The largest absolute Gasteiger partial charge is 0.300 e. The summed E-state index contributed by atoms with van der Waals surface area (Å²) in [5, 5.41) is 0. The lowest BCUT2D eigenvalue weighted by Gasteiger charge is -2.35. The van der Waals surface area contributed by atoms with Crippen molar-refractivity contribution < 1.29 is 4.79 Å². The Labute approximate surface area is 67.9 Å². The molecule has 1 saturated heterocycles. The van der Waals surface area contributed by atoms with Crippen molar-refractivity contribution in [3.05, 3.63) is 12.2 Å². The molecule has 0 bridgehead atoms. The number of ketones is 1.